The van der Waals surface area contributed by atoms with Gasteiger partial charge in [0.1, 0.15) is 12.4 Å². The average Bonchev–Trinajstić information content (AvgIpc) is 1.08. The van der Waals surface area contributed by atoms with Gasteiger partial charge in [0.15, 0.2) is 0 Å². The third-order valence-electron chi connectivity index (χ3n) is 16.0. The highest BCUT2D eigenvalue weighted by atomic mass is 16.6. The van der Waals surface area contributed by atoms with Crippen LogP contribution in [0.3, 0.4) is 0 Å². The molecule has 0 atom stereocenters. The van der Waals surface area contributed by atoms with E-state index in [0.717, 1.165) is 0 Å². The summed E-state index contributed by atoms with van der Waals surface area (Å²) in [5.74, 6) is 2.41. The van der Waals surface area contributed by atoms with Crippen molar-refractivity contribution in [1.82, 2.24) is 5.32 Å². The first-order valence-electron chi connectivity index (χ1n) is 46.5. The van der Waals surface area contributed by atoms with Crippen LogP contribution in [-0.4, -0.2) is 547 Å². The van der Waals surface area contributed by atoms with Crippen LogP contribution >= 0.6 is 0 Å². The van der Waals surface area contributed by atoms with Gasteiger partial charge >= 0.3 is 0 Å². The number of ketones is 1. The van der Waals surface area contributed by atoms with Crippen molar-refractivity contribution < 1.29 is 199 Å². The Hall–Kier alpha value is -2.90. The minimum Gasteiger partial charge on any atom is -0.379 e. The third kappa shape index (κ3) is 125. The van der Waals surface area contributed by atoms with E-state index in [4.69, 9.17) is 196 Å². The predicted molar refractivity (Wildman–Crippen MR) is 475 cm³/mol. The highest BCUT2D eigenvalue weighted by molar-refractivity contribution is 5.76. The van der Waals surface area contributed by atoms with E-state index in [-0.39, 0.29) is 24.7 Å². The minimum absolute atomic E-state index is 0.100. The van der Waals surface area contributed by atoms with Crippen LogP contribution in [0.15, 0.2) is 0 Å². The van der Waals surface area contributed by atoms with Gasteiger partial charge in [0.25, 0.3) is 0 Å². The molecule has 780 valence electrons. The summed E-state index contributed by atoms with van der Waals surface area (Å²) < 4.78 is 220. The van der Waals surface area contributed by atoms with Crippen molar-refractivity contribution in [3.8, 4) is 12.3 Å². The molecule has 0 aliphatic rings. The van der Waals surface area contributed by atoms with Crippen LogP contribution < -0.4 is 5.32 Å². The van der Waals surface area contributed by atoms with Crippen LogP contribution in [0.25, 0.3) is 0 Å². The maximum atomic E-state index is 11.9. The lowest BCUT2D eigenvalue weighted by Gasteiger charge is -2.09. The minimum atomic E-state index is -0.100. The molecule has 43 nitrogen and oxygen atoms in total. The number of hydrogen-bond donors (Lipinski definition) is 1. The SMILES string of the molecule is C#CCOCCOCCOCCOCCC(=O)NCCOCCOCCOCCOCCOCCOCCOCCOCCOCCOCCOCCOCCOCCOCCOCCOCCOCCOCCOCCOCCOCCOCCOCCOCCOCCOCCOCCOCCOCCOCCOCCOCCOCCOCCOCCOCCC(C)=O. The van der Waals surface area contributed by atoms with E-state index in [2.05, 4.69) is 11.2 Å². The van der Waals surface area contributed by atoms with E-state index >= 15 is 0 Å². The molecule has 0 aromatic heterocycles. The van der Waals surface area contributed by atoms with E-state index in [9.17, 15) is 9.59 Å². The van der Waals surface area contributed by atoms with Crippen molar-refractivity contribution in [2.45, 2.75) is 19.8 Å². The van der Waals surface area contributed by atoms with Crippen molar-refractivity contribution in [2.24, 2.45) is 0 Å². The van der Waals surface area contributed by atoms with E-state index in [1.165, 1.54) is 0 Å². The lowest BCUT2D eigenvalue weighted by molar-refractivity contribution is -0.122. The zero-order valence-corrected chi connectivity index (χ0v) is 79.4. The smallest absolute Gasteiger partial charge is 0.222 e. The van der Waals surface area contributed by atoms with Crippen LogP contribution in [0, 0.1) is 12.3 Å². The van der Waals surface area contributed by atoms with Crippen LogP contribution in [0.2, 0.25) is 0 Å². The van der Waals surface area contributed by atoms with E-state index in [1.54, 1.807) is 6.92 Å². The summed E-state index contributed by atoms with van der Waals surface area (Å²) in [6.45, 7) is 39.0. The standard InChI is InChI=1S/C88H171NO42/c1-3-7-92-11-15-96-19-20-98-17-13-94-9-5-88(91)89-6-10-95-14-18-99-22-24-101-26-28-103-30-32-105-34-36-107-38-40-109-42-44-111-46-48-113-50-52-115-54-56-117-58-60-119-62-64-121-66-68-123-70-72-125-74-76-127-78-80-129-82-84-131-86-85-130-83-81-128-79-77-126-75-73-124-71-69-122-67-65-120-63-61-118-59-57-116-55-53-114-51-49-112-47-45-110-43-41-108-39-37-106-35-33-104-31-29-102-27-25-100-23-21-97-16-12-93-8-4-87(2)90/h1H,4-86H2,2H3,(H,89,91). The number of carbonyl (C=O) groups excluding carboxylic acids is 2. The first-order chi connectivity index (χ1) is 65.2. The predicted octanol–water partition coefficient (Wildman–Crippen LogP) is 0.769. The fourth-order valence-corrected chi connectivity index (χ4v) is 9.32. The maximum Gasteiger partial charge on any atom is 0.222 e. The highest BCUT2D eigenvalue weighted by Gasteiger charge is 2.07. The number of Topliss-reactive ketones (excluding diaryl/α,β-unsaturated/α-hetero) is 1. The number of carbonyl (C=O) groups is 2. The molecule has 0 aliphatic heterocycles. The summed E-state index contributed by atoms with van der Waals surface area (Å²) in [5.41, 5.74) is 0. The largest absolute Gasteiger partial charge is 0.379 e. The Bertz CT molecular complexity index is 2100. The van der Waals surface area contributed by atoms with Gasteiger partial charge in [0.05, 0.1) is 522 Å². The number of amides is 1. The molecule has 0 radical (unpaired) electrons. The van der Waals surface area contributed by atoms with Crippen LogP contribution in [0.4, 0.5) is 0 Å². The molecule has 0 heterocycles. The second-order valence-electron chi connectivity index (χ2n) is 26.7. The molecule has 0 rings (SSSR count). The molecule has 0 unspecified atom stereocenters. The highest BCUT2D eigenvalue weighted by Crippen LogP contribution is 1.97. The van der Waals surface area contributed by atoms with Gasteiger partial charge in [-0.1, -0.05) is 5.92 Å². The van der Waals surface area contributed by atoms with Crippen LogP contribution in [0.5, 0.6) is 0 Å². The van der Waals surface area contributed by atoms with Gasteiger partial charge in [-0.25, -0.2) is 0 Å². The van der Waals surface area contributed by atoms with E-state index in [0.29, 0.717) is 535 Å². The molecule has 0 saturated heterocycles. The Kier molecular flexibility index (Phi) is 120. The molecule has 0 aromatic rings. The van der Waals surface area contributed by atoms with E-state index in [1.807, 2.05) is 0 Å². The summed E-state index contributed by atoms with van der Waals surface area (Å²) >= 11 is 0. The zero-order chi connectivity index (χ0) is 93.5. The van der Waals surface area contributed by atoms with Crippen molar-refractivity contribution in [2.75, 3.05) is 535 Å². The normalized spacial score (nSPS) is 11.7. The van der Waals surface area contributed by atoms with E-state index < -0.39 is 0 Å². The fourth-order valence-electron chi connectivity index (χ4n) is 9.32. The van der Waals surface area contributed by atoms with Gasteiger partial charge in [-0.2, -0.15) is 0 Å². The van der Waals surface area contributed by atoms with Crippen molar-refractivity contribution in [3.05, 3.63) is 0 Å². The summed E-state index contributed by atoms with van der Waals surface area (Å²) in [5, 5.41) is 2.79. The molecule has 0 bridgehead atoms. The van der Waals surface area contributed by atoms with Crippen molar-refractivity contribution in [3.63, 3.8) is 0 Å². The second-order valence-corrected chi connectivity index (χ2v) is 26.7. The maximum absolute atomic E-state index is 11.9. The van der Waals surface area contributed by atoms with Gasteiger partial charge in [-0.05, 0) is 6.92 Å². The molecular weight excluding hydrogens is 1740 g/mol. The van der Waals surface area contributed by atoms with Crippen LogP contribution in [0.1, 0.15) is 19.8 Å². The Balaban J connectivity index is 3.12. The van der Waals surface area contributed by atoms with Gasteiger partial charge in [0.2, 0.25) is 5.91 Å². The molecular formula is C88H171NO42. The van der Waals surface area contributed by atoms with Crippen LogP contribution in [-0.2, 0) is 199 Å². The number of terminal acetylenes is 1. The number of ether oxygens (including phenoxy) is 40. The molecule has 0 aliphatic carbocycles. The van der Waals surface area contributed by atoms with Crippen molar-refractivity contribution >= 4 is 11.7 Å². The molecule has 0 saturated carbocycles. The molecule has 43 heteroatoms. The molecule has 131 heavy (non-hydrogen) atoms. The van der Waals surface area contributed by atoms with Gasteiger partial charge < -0.3 is 195 Å². The number of hydrogen-bond acceptors (Lipinski definition) is 42. The molecule has 1 amide bonds. The van der Waals surface area contributed by atoms with Gasteiger partial charge in [-0.15, -0.1) is 6.42 Å². The third-order valence-corrected chi connectivity index (χ3v) is 16.0. The molecule has 1 N–H and O–H groups in total. The monoisotopic (exact) mass is 1910 g/mol. The Morgan fingerprint density at radius 2 is 0.252 bits per heavy atom. The zero-order valence-electron chi connectivity index (χ0n) is 79.4. The summed E-state index contributed by atoms with van der Waals surface area (Å²) in [4.78, 5) is 22.8. The Morgan fingerprint density at radius 1 is 0.153 bits per heavy atom. The topological polar surface area (TPSA) is 415 Å². The molecule has 0 spiro atoms. The lowest BCUT2D eigenvalue weighted by Crippen LogP contribution is -2.28. The fraction of sp³-hybridized carbons (Fsp3) is 0.955. The average molecular weight is 1920 g/mol. The molecule has 0 aromatic carbocycles. The first kappa shape index (κ1) is 128. The number of rotatable bonds is 124. The van der Waals surface area contributed by atoms with Gasteiger partial charge in [-0.3, -0.25) is 9.59 Å². The summed E-state index contributed by atoms with van der Waals surface area (Å²) in [6.07, 6.45) is 5.80. The summed E-state index contributed by atoms with van der Waals surface area (Å²) in [6, 6.07) is 0. The van der Waals surface area contributed by atoms with Crippen molar-refractivity contribution in [1.29, 1.82) is 0 Å². The lowest BCUT2D eigenvalue weighted by atomic mass is 10.3. The quantitative estimate of drug-likeness (QED) is 0.0649. The Morgan fingerprint density at radius 3 is 0.366 bits per heavy atom. The Labute approximate surface area is 780 Å². The second kappa shape index (κ2) is 123. The molecule has 0 fully saturated rings. The van der Waals surface area contributed by atoms with Gasteiger partial charge in [0, 0.05) is 19.4 Å². The number of nitrogens with one attached hydrogen (secondary N) is 1. The first-order valence-corrected chi connectivity index (χ1v) is 46.5. The summed E-state index contributed by atoms with van der Waals surface area (Å²) in [7, 11) is 0.